The third-order valence-electron chi connectivity index (χ3n) is 7.16. The Bertz CT molecular complexity index is 568. The van der Waals surface area contributed by atoms with Gasteiger partial charge in [0, 0.05) is 24.4 Å². The van der Waals surface area contributed by atoms with E-state index < -0.39 is 0 Å². The van der Waals surface area contributed by atoms with Crippen LogP contribution in [0, 0.1) is 23.2 Å². The maximum absolute atomic E-state index is 12.8. The molecule has 0 saturated heterocycles. The van der Waals surface area contributed by atoms with Crippen molar-refractivity contribution in [2.45, 2.75) is 76.7 Å². The van der Waals surface area contributed by atoms with Gasteiger partial charge in [-0.25, -0.2) is 0 Å². The number of amides is 2. The largest absolute Gasteiger partial charge is 0.359 e. The summed E-state index contributed by atoms with van der Waals surface area (Å²) in [7, 11) is 0. The van der Waals surface area contributed by atoms with Crippen LogP contribution in [0.15, 0.2) is 0 Å². The van der Waals surface area contributed by atoms with Crippen molar-refractivity contribution < 1.29 is 9.59 Å². The summed E-state index contributed by atoms with van der Waals surface area (Å²) in [5, 5.41) is 6.73. The summed E-state index contributed by atoms with van der Waals surface area (Å²) in [6.07, 6.45) is 12.1. The van der Waals surface area contributed by atoms with Crippen molar-refractivity contribution >= 4 is 29.1 Å². The van der Waals surface area contributed by atoms with Crippen LogP contribution in [0.3, 0.4) is 0 Å². The van der Waals surface area contributed by atoms with E-state index >= 15 is 0 Å². The highest BCUT2D eigenvalue weighted by molar-refractivity contribution is 7.80. The van der Waals surface area contributed by atoms with Gasteiger partial charge in [0.25, 0.3) is 0 Å². The van der Waals surface area contributed by atoms with Crippen LogP contribution >= 0.6 is 12.2 Å². The maximum Gasteiger partial charge on any atom is 0.240 e. The maximum atomic E-state index is 12.8. The average Bonchev–Trinajstić information content (AvgIpc) is 3.11. The van der Waals surface area contributed by atoms with E-state index in [1.165, 1.54) is 32.1 Å². The Hall–Kier alpha value is -1.37. The molecule has 0 heterocycles. The molecule has 2 amide bonds. The van der Waals surface area contributed by atoms with E-state index in [1.54, 1.807) is 0 Å². The van der Waals surface area contributed by atoms with Crippen molar-refractivity contribution in [2.75, 3.05) is 6.54 Å². The summed E-state index contributed by atoms with van der Waals surface area (Å²) in [5.41, 5.74) is 5.24. The molecule has 5 aliphatic carbocycles. The van der Waals surface area contributed by atoms with Crippen LogP contribution in [0.2, 0.25) is 0 Å². The molecule has 4 bridgehead atoms. The molecular weight excluding hydrogens is 360 g/mol. The van der Waals surface area contributed by atoms with Gasteiger partial charge < -0.3 is 10.6 Å². The minimum atomic E-state index is -0.156. The molecule has 4 N–H and O–H groups in total. The Morgan fingerprint density at radius 1 is 0.926 bits per heavy atom. The summed E-state index contributed by atoms with van der Waals surface area (Å²) >= 11 is 5.20. The smallest absolute Gasteiger partial charge is 0.240 e. The third-order valence-corrected chi connectivity index (χ3v) is 7.38. The Balaban J connectivity index is 1.15. The highest BCUT2D eigenvalue weighted by Gasteiger charge is 2.54. The number of carbonyl (C=O) groups is 2. The van der Waals surface area contributed by atoms with E-state index in [4.69, 9.17) is 12.2 Å². The zero-order valence-corrected chi connectivity index (χ0v) is 16.8. The molecule has 150 valence electrons. The predicted octanol–water partition coefficient (Wildman–Crippen LogP) is 2.15. The van der Waals surface area contributed by atoms with Crippen LogP contribution in [-0.4, -0.2) is 29.5 Å². The van der Waals surface area contributed by atoms with E-state index in [0.717, 1.165) is 49.9 Å². The topological polar surface area (TPSA) is 82.3 Å². The number of nitrogens with one attached hydrogen (secondary N) is 4. The summed E-state index contributed by atoms with van der Waals surface area (Å²) < 4.78 is 0. The van der Waals surface area contributed by atoms with Crippen LogP contribution in [0.5, 0.6) is 0 Å². The van der Waals surface area contributed by atoms with Crippen molar-refractivity contribution in [3.05, 3.63) is 0 Å². The molecule has 0 radical (unpaired) electrons. The van der Waals surface area contributed by atoms with Gasteiger partial charge >= 0.3 is 0 Å². The molecule has 5 fully saturated rings. The normalized spacial score (nSPS) is 34.3. The molecule has 0 aromatic rings. The number of hydrazine groups is 1. The van der Waals surface area contributed by atoms with Gasteiger partial charge in [0.2, 0.25) is 11.8 Å². The van der Waals surface area contributed by atoms with E-state index in [-0.39, 0.29) is 23.7 Å². The van der Waals surface area contributed by atoms with Gasteiger partial charge in [0.1, 0.15) is 0 Å². The van der Waals surface area contributed by atoms with Crippen molar-refractivity contribution in [3.8, 4) is 0 Å². The Kier molecular flexibility index (Phi) is 5.58. The van der Waals surface area contributed by atoms with Gasteiger partial charge in [-0.15, -0.1) is 0 Å². The lowest BCUT2D eigenvalue weighted by Crippen LogP contribution is -2.54. The van der Waals surface area contributed by atoms with E-state index in [1.807, 2.05) is 0 Å². The fourth-order valence-electron chi connectivity index (χ4n) is 6.35. The van der Waals surface area contributed by atoms with Gasteiger partial charge in [-0.3, -0.25) is 20.4 Å². The first-order valence-corrected chi connectivity index (χ1v) is 11.1. The molecule has 27 heavy (non-hydrogen) atoms. The van der Waals surface area contributed by atoms with Gasteiger partial charge in [-0.1, -0.05) is 12.8 Å². The number of hydrogen-bond donors (Lipinski definition) is 4. The summed E-state index contributed by atoms with van der Waals surface area (Å²) in [6, 6.07) is 0.418. The van der Waals surface area contributed by atoms with Crippen molar-refractivity contribution in [3.63, 3.8) is 0 Å². The molecule has 7 heteroatoms. The lowest BCUT2D eigenvalue weighted by molar-refractivity contribution is -0.146. The molecule has 5 saturated carbocycles. The van der Waals surface area contributed by atoms with Gasteiger partial charge in [0.15, 0.2) is 5.11 Å². The fourth-order valence-corrected chi connectivity index (χ4v) is 6.56. The van der Waals surface area contributed by atoms with Crippen LogP contribution in [0.1, 0.15) is 70.6 Å². The molecule has 0 aliphatic heterocycles. The van der Waals surface area contributed by atoms with Gasteiger partial charge in [0.05, 0.1) is 0 Å². The Morgan fingerprint density at radius 2 is 1.52 bits per heavy atom. The van der Waals surface area contributed by atoms with Crippen molar-refractivity contribution in [2.24, 2.45) is 23.2 Å². The second-order valence-electron chi connectivity index (χ2n) is 9.33. The van der Waals surface area contributed by atoms with Crippen molar-refractivity contribution in [1.82, 2.24) is 21.5 Å². The standard InChI is InChI=1S/C20H32N4O2S/c25-17(23-24-19(27)22-16-3-1-2-4-16)5-6-21-18(26)20-10-13-7-14(11-20)9-15(8-13)12-20/h13-16H,1-12H2,(H,21,26)(H,23,25)(H2,22,24,27). The molecule has 0 aromatic heterocycles. The molecule has 5 rings (SSSR count). The fraction of sp³-hybridized carbons (Fsp3) is 0.850. The highest BCUT2D eigenvalue weighted by atomic mass is 32.1. The zero-order valence-electron chi connectivity index (χ0n) is 16.0. The Labute approximate surface area is 167 Å². The minimum absolute atomic E-state index is 0.143. The zero-order chi connectivity index (χ0) is 18.9. The first-order valence-electron chi connectivity index (χ1n) is 10.7. The number of hydrogen-bond acceptors (Lipinski definition) is 3. The number of rotatable bonds is 5. The van der Waals surface area contributed by atoms with Crippen LogP contribution in [-0.2, 0) is 9.59 Å². The minimum Gasteiger partial charge on any atom is -0.359 e. The first kappa shape index (κ1) is 19.0. The molecule has 0 aromatic carbocycles. The monoisotopic (exact) mass is 392 g/mol. The van der Waals surface area contributed by atoms with Crippen LogP contribution in [0.4, 0.5) is 0 Å². The van der Waals surface area contributed by atoms with Crippen LogP contribution < -0.4 is 21.5 Å². The lowest BCUT2D eigenvalue weighted by atomic mass is 9.49. The van der Waals surface area contributed by atoms with Crippen LogP contribution in [0.25, 0.3) is 0 Å². The summed E-state index contributed by atoms with van der Waals surface area (Å²) in [5.74, 6) is 2.28. The molecular formula is C20H32N4O2S. The third kappa shape index (κ3) is 4.39. The van der Waals surface area contributed by atoms with E-state index in [9.17, 15) is 9.59 Å². The molecule has 6 nitrogen and oxygen atoms in total. The molecule has 5 aliphatic rings. The average molecular weight is 393 g/mol. The second kappa shape index (κ2) is 7.94. The summed E-state index contributed by atoms with van der Waals surface area (Å²) in [4.78, 5) is 24.9. The molecule has 0 spiro atoms. The van der Waals surface area contributed by atoms with E-state index in [2.05, 4.69) is 21.5 Å². The highest BCUT2D eigenvalue weighted by Crippen LogP contribution is 2.60. The quantitative estimate of drug-likeness (QED) is 0.426. The molecule has 0 unspecified atom stereocenters. The number of carbonyl (C=O) groups excluding carboxylic acids is 2. The predicted molar refractivity (Wildman–Crippen MR) is 107 cm³/mol. The van der Waals surface area contributed by atoms with Gasteiger partial charge in [-0.05, 0) is 81.3 Å². The van der Waals surface area contributed by atoms with Gasteiger partial charge in [-0.2, -0.15) is 0 Å². The summed E-state index contributed by atoms with van der Waals surface area (Å²) in [6.45, 7) is 0.386. The SMILES string of the molecule is O=C(CCNC(=O)C12CC3CC(CC(C3)C1)C2)NNC(=S)NC1CCCC1. The second-order valence-corrected chi connectivity index (χ2v) is 9.74. The number of thiocarbonyl (C=S) groups is 1. The first-order chi connectivity index (χ1) is 13.0. The molecule has 0 atom stereocenters. The van der Waals surface area contributed by atoms with E-state index in [0.29, 0.717) is 17.7 Å². The van der Waals surface area contributed by atoms with Crippen molar-refractivity contribution in [1.29, 1.82) is 0 Å². The Morgan fingerprint density at radius 3 is 2.11 bits per heavy atom. The lowest BCUT2D eigenvalue weighted by Gasteiger charge is -2.55.